The minimum Gasteiger partial charge on any atom is -0.283 e. The zero-order chi connectivity index (χ0) is 12.2. The van der Waals surface area contributed by atoms with Crippen LogP contribution in [-0.4, -0.2) is 23.3 Å². The molecule has 0 saturated heterocycles. The summed E-state index contributed by atoms with van der Waals surface area (Å²) in [5.41, 5.74) is 0. The van der Waals surface area contributed by atoms with Crippen molar-refractivity contribution in [2.24, 2.45) is 0 Å². The van der Waals surface area contributed by atoms with Crippen molar-refractivity contribution >= 4 is 55.4 Å². The quantitative estimate of drug-likeness (QED) is 0.235. The number of hydrogen-bond acceptors (Lipinski definition) is 6. The van der Waals surface area contributed by atoms with Crippen LogP contribution in [-0.2, 0) is 9.59 Å². The highest BCUT2D eigenvalue weighted by molar-refractivity contribution is 8.76. The van der Waals surface area contributed by atoms with Crippen molar-refractivity contribution in [1.82, 2.24) is 9.44 Å². The Morgan fingerprint density at radius 2 is 1.31 bits per heavy atom. The number of carbonyl (C=O) groups excluding carboxylic acids is 2. The lowest BCUT2D eigenvalue weighted by molar-refractivity contribution is -0.136. The summed E-state index contributed by atoms with van der Waals surface area (Å²) in [6.07, 6.45) is 3.43. The largest absolute Gasteiger partial charge is 0.320 e. The van der Waals surface area contributed by atoms with Crippen LogP contribution in [0.4, 0.5) is 0 Å². The third-order valence-corrected chi connectivity index (χ3v) is 4.50. The molecule has 0 unspecified atom stereocenters. The van der Waals surface area contributed by atoms with E-state index < -0.39 is 11.8 Å². The molecule has 0 saturated carbocycles. The molecule has 16 heavy (non-hydrogen) atoms. The molecule has 0 rings (SSSR count). The third kappa shape index (κ3) is 9.08. The molecule has 4 nitrogen and oxygen atoms in total. The molecule has 0 aromatic carbocycles. The average Bonchev–Trinajstić information content (AvgIpc) is 2.29. The van der Waals surface area contributed by atoms with Gasteiger partial charge in [0.05, 0.1) is 0 Å². The summed E-state index contributed by atoms with van der Waals surface area (Å²) in [6.45, 7) is 7.06. The van der Waals surface area contributed by atoms with E-state index in [4.69, 9.17) is 0 Å². The summed E-state index contributed by atoms with van der Waals surface area (Å²) >= 11 is 0. The lowest BCUT2D eigenvalue weighted by Crippen LogP contribution is -2.32. The van der Waals surface area contributed by atoms with Crippen molar-refractivity contribution in [3.05, 3.63) is 25.3 Å². The van der Waals surface area contributed by atoms with Crippen LogP contribution in [0.5, 0.6) is 0 Å². The van der Waals surface area contributed by atoms with Crippen molar-refractivity contribution in [2.45, 2.75) is 0 Å². The second-order valence-electron chi connectivity index (χ2n) is 2.18. The van der Waals surface area contributed by atoms with E-state index in [0.29, 0.717) is 11.5 Å². The molecule has 0 atom stereocenters. The monoisotopic (exact) mass is 296 g/mol. The van der Waals surface area contributed by atoms with Crippen LogP contribution in [0.15, 0.2) is 25.3 Å². The first-order valence-corrected chi connectivity index (χ1v) is 8.75. The third-order valence-electron chi connectivity index (χ3n) is 0.965. The summed E-state index contributed by atoms with van der Waals surface area (Å²) < 4.78 is 4.79. The van der Waals surface area contributed by atoms with Gasteiger partial charge in [0.25, 0.3) is 0 Å². The molecule has 0 bridgehead atoms. The van der Waals surface area contributed by atoms with Crippen molar-refractivity contribution in [2.75, 3.05) is 11.5 Å². The SMILES string of the molecule is C=CCSSNC(=O)C(=O)NSSCC=C. The lowest BCUT2D eigenvalue weighted by atomic mass is 10.6. The van der Waals surface area contributed by atoms with Gasteiger partial charge in [0, 0.05) is 33.5 Å². The van der Waals surface area contributed by atoms with Gasteiger partial charge >= 0.3 is 11.8 Å². The molecule has 0 aliphatic rings. The van der Waals surface area contributed by atoms with Crippen molar-refractivity contribution < 1.29 is 9.59 Å². The molecule has 0 aliphatic heterocycles. The van der Waals surface area contributed by atoms with E-state index >= 15 is 0 Å². The molecule has 90 valence electrons. The molecule has 8 heteroatoms. The van der Waals surface area contributed by atoms with Crippen molar-refractivity contribution in [1.29, 1.82) is 0 Å². The maximum atomic E-state index is 11.1. The summed E-state index contributed by atoms with van der Waals surface area (Å²) in [4.78, 5) is 22.3. The Morgan fingerprint density at radius 3 is 1.62 bits per heavy atom. The normalized spacial score (nSPS) is 9.25. The van der Waals surface area contributed by atoms with Crippen LogP contribution < -0.4 is 9.44 Å². The Kier molecular flexibility index (Phi) is 11.2. The van der Waals surface area contributed by atoms with Gasteiger partial charge in [-0.3, -0.25) is 19.0 Å². The maximum absolute atomic E-state index is 11.1. The van der Waals surface area contributed by atoms with Gasteiger partial charge < -0.3 is 0 Å². The van der Waals surface area contributed by atoms with E-state index in [0.717, 1.165) is 22.0 Å². The van der Waals surface area contributed by atoms with E-state index in [2.05, 4.69) is 22.6 Å². The summed E-state index contributed by atoms with van der Waals surface area (Å²) in [5, 5.41) is 0. The second-order valence-corrected chi connectivity index (χ2v) is 6.47. The second kappa shape index (κ2) is 11.3. The van der Waals surface area contributed by atoms with E-state index in [1.165, 1.54) is 21.6 Å². The Hall–Kier alpha value is -0.180. The van der Waals surface area contributed by atoms with Gasteiger partial charge in [-0.25, -0.2) is 0 Å². The number of rotatable bonds is 8. The van der Waals surface area contributed by atoms with Gasteiger partial charge in [0.1, 0.15) is 0 Å². The number of carbonyl (C=O) groups is 2. The fraction of sp³-hybridized carbons (Fsp3) is 0.250. The Balaban J connectivity index is 3.53. The molecule has 0 fully saturated rings. The first kappa shape index (κ1) is 15.8. The lowest BCUT2D eigenvalue weighted by Gasteiger charge is -2.02. The average molecular weight is 296 g/mol. The highest BCUT2D eigenvalue weighted by atomic mass is 33.1. The minimum atomic E-state index is -0.659. The Labute approximate surface area is 111 Å². The standard InChI is InChI=1S/C8H12N2O2S4/c1-3-5-13-15-9-7(11)8(12)10-16-14-6-4-2/h3-4H,1-2,5-6H2,(H,9,11)(H,10,12). The van der Waals surface area contributed by atoms with Gasteiger partial charge in [-0.05, 0) is 0 Å². The van der Waals surface area contributed by atoms with Crippen LogP contribution in [0.3, 0.4) is 0 Å². The van der Waals surface area contributed by atoms with Crippen molar-refractivity contribution in [3.8, 4) is 0 Å². The molecular weight excluding hydrogens is 284 g/mol. The van der Waals surface area contributed by atoms with Gasteiger partial charge in [0.15, 0.2) is 0 Å². The zero-order valence-corrected chi connectivity index (χ0v) is 11.7. The van der Waals surface area contributed by atoms with Gasteiger partial charge in [-0.2, -0.15) is 0 Å². The molecule has 0 radical (unpaired) electrons. The van der Waals surface area contributed by atoms with Crippen LogP contribution >= 0.6 is 43.5 Å². The Bertz CT molecular complexity index is 234. The number of hydrogen-bond donors (Lipinski definition) is 2. The number of amides is 2. The Morgan fingerprint density at radius 1 is 0.938 bits per heavy atom. The number of nitrogens with one attached hydrogen (secondary N) is 2. The van der Waals surface area contributed by atoms with E-state index in [9.17, 15) is 9.59 Å². The zero-order valence-electron chi connectivity index (χ0n) is 8.43. The summed E-state index contributed by atoms with van der Waals surface area (Å²) in [5.74, 6) is 0.0917. The van der Waals surface area contributed by atoms with E-state index in [1.54, 1.807) is 12.2 Å². The molecule has 0 aromatic heterocycles. The first-order chi connectivity index (χ1) is 7.72. The van der Waals surface area contributed by atoms with Crippen LogP contribution in [0.2, 0.25) is 0 Å². The van der Waals surface area contributed by atoms with Crippen LogP contribution in [0.25, 0.3) is 0 Å². The molecule has 2 N–H and O–H groups in total. The summed E-state index contributed by atoms with van der Waals surface area (Å²) in [7, 11) is 5.01. The molecule has 0 heterocycles. The topological polar surface area (TPSA) is 58.2 Å². The van der Waals surface area contributed by atoms with Crippen LogP contribution in [0.1, 0.15) is 0 Å². The summed E-state index contributed by atoms with van der Waals surface area (Å²) in [6, 6.07) is 0. The van der Waals surface area contributed by atoms with Gasteiger partial charge in [-0.1, -0.05) is 33.7 Å². The molecule has 0 aromatic rings. The minimum absolute atomic E-state index is 0.659. The van der Waals surface area contributed by atoms with E-state index in [1.807, 2.05) is 0 Å². The molecular formula is C8H12N2O2S4. The maximum Gasteiger partial charge on any atom is 0.320 e. The van der Waals surface area contributed by atoms with Crippen LogP contribution in [0, 0.1) is 0 Å². The molecule has 0 aliphatic carbocycles. The molecule has 0 spiro atoms. The van der Waals surface area contributed by atoms with Gasteiger partial charge in [-0.15, -0.1) is 13.2 Å². The predicted octanol–water partition coefficient (Wildman–Crippen LogP) is 2.18. The van der Waals surface area contributed by atoms with Crippen molar-refractivity contribution in [3.63, 3.8) is 0 Å². The van der Waals surface area contributed by atoms with E-state index in [-0.39, 0.29) is 0 Å². The highest BCUT2D eigenvalue weighted by Gasteiger charge is 2.12. The fourth-order valence-corrected chi connectivity index (χ4v) is 2.97. The molecule has 2 amide bonds. The smallest absolute Gasteiger partial charge is 0.283 e. The predicted molar refractivity (Wildman–Crippen MR) is 76.8 cm³/mol. The fourth-order valence-electron chi connectivity index (χ4n) is 0.392. The van der Waals surface area contributed by atoms with Gasteiger partial charge in [0.2, 0.25) is 0 Å². The highest BCUT2D eigenvalue weighted by Crippen LogP contribution is 2.18. The first-order valence-electron chi connectivity index (χ1n) is 4.11.